The van der Waals surface area contributed by atoms with Gasteiger partial charge in [0.2, 0.25) is 0 Å². The lowest BCUT2D eigenvalue weighted by Crippen LogP contribution is -2.46. The average Bonchev–Trinajstić information content (AvgIpc) is 2.78. The molecule has 0 aliphatic carbocycles. The monoisotopic (exact) mass is 394 g/mol. The number of nitrogens with zero attached hydrogens (tertiary/aromatic N) is 4. The lowest BCUT2D eigenvalue weighted by atomic mass is 9.92. The minimum atomic E-state index is 0.151. The van der Waals surface area contributed by atoms with Crippen LogP contribution in [0.25, 0.3) is 22.2 Å². The Kier molecular flexibility index (Phi) is 4.71. The van der Waals surface area contributed by atoms with Crippen LogP contribution in [0.15, 0.2) is 73.1 Å². The topological polar surface area (TPSA) is 59.0 Å². The van der Waals surface area contributed by atoms with E-state index in [-0.39, 0.29) is 5.78 Å². The van der Waals surface area contributed by atoms with Crippen LogP contribution in [0.3, 0.4) is 0 Å². The van der Waals surface area contributed by atoms with Crippen molar-refractivity contribution >= 4 is 22.5 Å². The van der Waals surface area contributed by atoms with Gasteiger partial charge in [-0.1, -0.05) is 49.4 Å². The predicted octanol–water partition coefficient (Wildman–Crippen LogP) is 4.89. The molecule has 0 radical (unpaired) electrons. The fourth-order valence-corrected chi connectivity index (χ4v) is 3.96. The molecule has 1 aliphatic heterocycles. The Morgan fingerprint density at radius 1 is 0.967 bits per heavy atom. The van der Waals surface area contributed by atoms with E-state index in [1.54, 1.807) is 12.4 Å². The third-order valence-corrected chi connectivity index (χ3v) is 5.70. The summed E-state index contributed by atoms with van der Waals surface area (Å²) in [5.41, 5.74) is 4.64. The number of hydrogen-bond acceptors (Lipinski definition) is 5. The van der Waals surface area contributed by atoms with Crippen LogP contribution in [0.5, 0.6) is 0 Å². The number of para-hydroxylation sites is 1. The second-order valence-corrected chi connectivity index (χ2v) is 7.61. The Balaban J connectivity index is 1.37. The largest absolute Gasteiger partial charge is 0.355 e. The maximum absolute atomic E-state index is 11.9. The van der Waals surface area contributed by atoms with Crippen molar-refractivity contribution in [3.8, 4) is 11.3 Å². The van der Waals surface area contributed by atoms with Gasteiger partial charge in [0.05, 0.1) is 16.9 Å². The van der Waals surface area contributed by atoms with Gasteiger partial charge in [0.25, 0.3) is 0 Å². The minimum Gasteiger partial charge on any atom is -0.355 e. The van der Waals surface area contributed by atoms with E-state index in [4.69, 9.17) is 4.98 Å². The number of carbonyl (C=O) groups is 1. The maximum atomic E-state index is 11.9. The van der Waals surface area contributed by atoms with Gasteiger partial charge in [0, 0.05) is 54.3 Å². The van der Waals surface area contributed by atoms with Crippen LogP contribution in [0.1, 0.15) is 35.3 Å². The molecular weight excluding hydrogens is 372 g/mol. The maximum Gasteiger partial charge on any atom is 0.162 e. The highest BCUT2D eigenvalue weighted by Crippen LogP contribution is 2.34. The van der Waals surface area contributed by atoms with Crippen molar-refractivity contribution in [3.05, 3.63) is 84.3 Å². The number of pyridine rings is 1. The standard InChI is InChI=1S/C25H22N4O/c1-2-22(30)18-7-9-19(10-8-18)24-25(27-14-13-26-24)20-15-29(16-20)23-12-11-17-5-3-4-6-21(17)28-23/h3-14,20H,2,15-16H2,1H3. The van der Waals surface area contributed by atoms with Gasteiger partial charge in [0.15, 0.2) is 5.78 Å². The Bertz CT molecular complexity index is 1210. The van der Waals surface area contributed by atoms with Crippen molar-refractivity contribution < 1.29 is 4.79 Å². The number of ketones is 1. The predicted molar refractivity (Wildman–Crippen MR) is 119 cm³/mol. The molecule has 0 amide bonds. The van der Waals surface area contributed by atoms with Gasteiger partial charge in [-0.25, -0.2) is 4.98 Å². The van der Waals surface area contributed by atoms with Gasteiger partial charge < -0.3 is 4.90 Å². The fourth-order valence-electron chi connectivity index (χ4n) is 3.96. The molecule has 5 rings (SSSR count). The quantitative estimate of drug-likeness (QED) is 0.451. The van der Waals surface area contributed by atoms with E-state index in [9.17, 15) is 4.79 Å². The first-order chi connectivity index (χ1) is 14.7. The van der Waals surface area contributed by atoms with Crippen LogP contribution < -0.4 is 4.90 Å². The molecule has 0 N–H and O–H groups in total. The fraction of sp³-hybridized carbons (Fsp3) is 0.200. The van der Waals surface area contributed by atoms with Crippen molar-refractivity contribution in [3.63, 3.8) is 0 Å². The average molecular weight is 394 g/mol. The summed E-state index contributed by atoms with van der Waals surface area (Å²) in [5.74, 6) is 1.45. The second-order valence-electron chi connectivity index (χ2n) is 7.61. The molecule has 5 nitrogen and oxygen atoms in total. The molecule has 0 bridgehead atoms. The van der Waals surface area contributed by atoms with Gasteiger partial charge >= 0.3 is 0 Å². The summed E-state index contributed by atoms with van der Waals surface area (Å²) in [6.07, 6.45) is 3.99. The van der Waals surface area contributed by atoms with Crippen molar-refractivity contribution in [2.24, 2.45) is 0 Å². The molecule has 3 heterocycles. The Labute approximate surface area is 175 Å². The summed E-state index contributed by atoms with van der Waals surface area (Å²) in [5, 5.41) is 1.15. The van der Waals surface area contributed by atoms with Gasteiger partial charge in [-0.3, -0.25) is 14.8 Å². The molecule has 1 aliphatic rings. The smallest absolute Gasteiger partial charge is 0.162 e. The molecule has 1 saturated heterocycles. The van der Waals surface area contributed by atoms with Crippen molar-refractivity contribution in [1.82, 2.24) is 15.0 Å². The molecule has 148 valence electrons. The van der Waals surface area contributed by atoms with Crippen LogP contribution in [-0.4, -0.2) is 33.8 Å². The van der Waals surface area contributed by atoms with E-state index in [1.807, 2.05) is 49.4 Å². The highest BCUT2D eigenvalue weighted by Gasteiger charge is 2.32. The number of hydrogen-bond donors (Lipinski definition) is 0. The number of rotatable bonds is 5. The summed E-state index contributed by atoms with van der Waals surface area (Å²) in [6, 6.07) is 20.1. The summed E-state index contributed by atoms with van der Waals surface area (Å²) in [6.45, 7) is 3.61. The summed E-state index contributed by atoms with van der Waals surface area (Å²) >= 11 is 0. The Morgan fingerprint density at radius 3 is 2.53 bits per heavy atom. The van der Waals surface area contributed by atoms with Crippen LogP contribution in [-0.2, 0) is 0 Å². The van der Waals surface area contributed by atoms with Crippen LogP contribution in [0.4, 0.5) is 5.82 Å². The van der Waals surface area contributed by atoms with Gasteiger partial charge in [0.1, 0.15) is 5.82 Å². The molecule has 30 heavy (non-hydrogen) atoms. The van der Waals surface area contributed by atoms with Gasteiger partial charge in [-0.2, -0.15) is 0 Å². The molecule has 5 heteroatoms. The number of aromatic nitrogens is 3. The summed E-state index contributed by atoms with van der Waals surface area (Å²) in [4.78, 5) is 28.2. The van der Waals surface area contributed by atoms with Crippen LogP contribution in [0, 0.1) is 0 Å². The van der Waals surface area contributed by atoms with E-state index < -0.39 is 0 Å². The molecule has 4 aromatic rings. The minimum absolute atomic E-state index is 0.151. The molecule has 0 saturated carbocycles. The normalized spacial score (nSPS) is 14.0. The van der Waals surface area contributed by atoms with Crippen molar-refractivity contribution in [2.45, 2.75) is 19.3 Å². The second kappa shape index (κ2) is 7.67. The van der Waals surface area contributed by atoms with E-state index in [1.165, 1.54) is 0 Å². The molecule has 2 aromatic carbocycles. The first kappa shape index (κ1) is 18.4. The number of Topliss-reactive ketones (excluding diaryl/α,β-unsaturated/α-hetero) is 1. The Hall–Kier alpha value is -3.60. The van der Waals surface area contributed by atoms with E-state index in [0.717, 1.165) is 52.3 Å². The Morgan fingerprint density at radius 2 is 1.73 bits per heavy atom. The molecule has 1 fully saturated rings. The highest BCUT2D eigenvalue weighted by atomic mass is 16.1. The summed E-state index contributed by atoms with van der Waals surface area (Å²) < 4.78 is 0. The lowest BCUT2D eigenvalue weighted by molar-refractivity contribution is 0.0988. The third-order valence-electron chi connectivity index (χ3n) is 5.70. The van der Waals surface area contributed by atoms with Crippen molar-refractivity contribution in [2.75, 3.05) is 18.0 Å². The van der Waals surface area contributed by atoms with Crippen LogP contribution >= 0.6 is 0 Å². The van der Waals surface area contributed by atoms with Crippen molar-refractivity contribution in [1.29, 1.82) is 0 Å². The van der Waals surface area contributed by atoms with E-state index in [0.29, 0.717) is 12.3 Å². The zero-order valence-electron chi connectivity index (χ0n) is 16.8. The first-order valence-corrected chi connectivity index (χ1v) is 10.3. The first-order valence-electron chi connectivity index (χ1n) is 10.3. The van der Waals surface area contributed by atoms with Gasteiger partial charge in [-0.15, -0.1) is 0 Å². The SMILES string of the molecule is CCC(=O)c1ccc(-c2nccnc2C2CN(c3ccc4ccccc4n3)C2)cc1. The summed E-state index contributed by atoms with van der Waals surface area (Å²) in [7, 11) is 0. The van der Waals surface area contributed by atoms with E-state index >= 15 is 0 Å². The number of fused-ring (bicyclic) bond motifs is 1. The lowest BCUT2D eigenvalue weighted by Gasteiger charge is -2.40. The van der Waals surface area contributed by atoms with Gasteiger partial charge in [-0.05, 0) is 18.2 Å². The van der Waals surface area contributed by atoms with E-state index in [2.05, 4.69) is 33.1 Å². The number of carbonyl (C=O) groups excluding carboxylic acids is 1. The molecule has 0 spiro atoms. The molecule has 0 unspecified atom stereocenters. The van der Waals surface area contributed by atoms with Crippen LogP contribution in [0.2, 0.25) is 0 Å². The number of anilines is 1. The zero-order valence-corrected chi connectivity index (χ0v) is 16.8. The highest BCUT2D eigenvalue weighted by molar-refractivity contribution is 5.96. The number of benzene rings is 2. The molecule has 2 aromatic heterocycles. The third kappa shape index (κ3) is 3.32. The molecular formula is C25H22N4O. The molecule has 0 atom stereocenters. The zero-order chi connectivity index (χ0) is 20.5.